The van der Waals surface area contributed by atoms with Gasteiger partial charge in [-0.25, -0.2) is 0 Å². The molecule has 3 N–H and O–H groups in total. The van der Waals surface area contributed by atoms with E-state index < -0.39 is 11.9 Å². The van der Waals surface area contributed by atoms with Crippen LogP contribution in [-0.2, 0) is 16.1 Å². The van der Waals surface area contributed by atoms with Crippen LogP contribution < -0.4 is 11.1 Å². The second-order valence-corrected chi connectivity index (χ2v) is 4.52. The minimum Gasteiger partial charge on any atom is -0.468 e. The van der Waals surface area contributed by atoms with Crippen molar-refractivity contribution in [1.29, 1.82) is 0 Å². The minimum atomic E-state index is -0.405. The van der Waals surface area contributed by atoms with Crippen LogP contribution in [0.5, 0.6) is 0 Å². The number of thiocarbonyl (C=S) groups is 1. The Balaban J connectivity index is 2.48. The molecule has 6 nitrogen and oxygen atoms in total. The normalized spacial score (nSPS) is 10.2. The van der Waals surface area contributed by atoms with Crippen LogP contribution in [0.15, 0.2) is 30.5 Å². The van der Waals surface area contributed by atoms with Crippen molar-refractivity contribution in [3.05, 3.63) is 36.0 Å². The summed E-state index contributed by atoms with van der Waals surface area (Å²) in [5.41, 5.74) is 6.46. The van der Waals surface area contributed by atoms with Crippen molar-refractivity contribution in [2.24, 2.45) is 5.73 Å². The fraction of sp³-hybridized carbons (Fsp3) is 0.154. The lowest BCUT2D eigenvalue weighted by molar-refractivity contribution is -0.141. The zero-order valence-corrected chi connectivity index (χ0v) is 11.6. The van der Waals surface area contributed by atoms with E-state index in [2.05, 4.69) is 22.3 Å². The Morgan fingerprint density at radius 1 is 1.40 bits per heavy atom. The van der Waals surface area contributed by atoms with E-state index in [1.165, 1.54) is 7.11 Å². The monoisotopic (exact) mass is 291 g/mol. The van der Waals surface area contributed by atoms with Crippen LogP contribution in [-0.4, -0.2) is 28.7 Å². The maximum atomic E-state index is 12.0. The molecule has 1 heterocycles. The Labute approximate surface area is 120 Å². The number of carbonyl (C=O) groups excluding carboxylic acids is 2. The molecule has 0 saturated heterocycles. The summed E-state index contributed by atoms with van der Waals surface area (Å²) in [6.45, 7) is 0.0252. The lowest BCUT2D eigenvalue weighted by Gasteiger charge is -2.02. The first-order chi connectivity index (χ1) is 9.52. The maximum Gasteiger partial charge on any atom is 0.325 e. The number of nitrogens with two attached hydrogens (primary N) is 1. The predicted molar refractivity (Wildman–Crippen MR) is 78.2 cm³/mol. The van der Waals surface area contributed by atoms with Crippen molar-refractivity contribution >= 4 is 40.1 Å². The van der Waals surface area contributed by atoms with E-state index in [0.29, 0.717) is 10.9 Å². The molecule has 7 heteroatoms. The number of para-hydroxylation sites is 1. The van der Waals surface area contributed by atoms with Gasteiger partial charge in [0.15, 0.2) is 5.11 Å². The Morgan fingerprint density at radius 3 is 2.75 bits per heavy atom. The third kappa shape index (κ3) is 2.77. The fourth-order valence-electron chi connectivity index (χ4n) is 1.94. The van der Waals surface area contributed by atoms with Crippen LogP contribution in [0.25, 0.3) is 10.9 Å². The Bertz CT molecular complexity index is 693. The first-order valence-corrected chi connectivity index (χ1v) is 6.19. The van der Waals surface area contributed by atoms with E-state index in [1.54, 1.807) is 16.8 Å². The second-order valence-electron chi connectivity index (χ2n) is 4.08. The van der Waals surface area contributed by atoms with E-state index >= 15 is 0 Å². The number of nitrogens with zero attached hydrogens (tertiary/aromatic N) is 1. The summed E-state index contributed by atoms with van der Waals surface area (Å²) < 4.78 is 6.28. The zero-order chi connectivity index (χ0) is 14.7. The van der Waals surface area contributed by atoms with Gasteiger partial charge in [-0.1, -0.05) is 18.2 Å². The van der Waals surface area contributed by atoms with Crippen molar-refractivity contribution in [1.82, 2.24) is 9.88 Å². The molecule has 0 saturated carbocycles. The molecular weight excluding hydrogens is 278 g/mol. The molecule has 0 unspecified atom stereocenters. The van der Waals surface area contributed by atoms with Gasteiger partial charge < -0.3 is 15.0 Å². The molecule has 0 fully saturated rings. The zero-order valence-electron chi connectivity index (χ0n) is 10.8. The summed E-state index contributed by atoms with van der Waals surface area (Å²) in [4.78, 5) is 23.4. The maximum absolute atomic E-state index is 12.0. The summed E-state index contributed by atoms with van der Waals surface area (Å²) in [5, 5.41) is 2.99. The highest BCUT2D eigenvalue weighted by molar-refractivity contribution is 7.80. The summed E-state index contributed by atoms with van der Waals surface area (Å²) in [6, 6.07) is 7.24. The molecule has 2 aromatic rings. The number of hydrogen-bond donors (Lipinski definition) is 2. The molecule has 0 radical (unpaired) electrons. The first-order valence-electron chi connectivity index (χ1n) is 5.78. The molecule has 1 aromatic heterocycles. The summed E-state index contributed by atoms with van der Waals surface area (Å²) in [6.07, 6.45) is 1.58. The van der Waals surface area contributed by atoms with Crippen molar-refractivity contribution in [2.75, 3.05) is 7.11 Å². The molecule has 0 aliphatic carbocycles. The van der Waals surface area contributed by atoms with Crippen LogP contribution in [0.3, 0.4) is 0 Å². The summed E-state index contributed by atoms with van der Waals surface area (Å²) >= 11 is 4.65. The summed E-state index contributed by atoms with van der Waals surface area (Å²) in [5.74, 6) is -0.802. The molecule has 1 amide bonds. The highest BCUT2D eigenvalue weighted by Crippen LogP contribution is 2.21. The molecule has 0 aliphatic heterocycles. The number of ether oxygens (including phenoxy) is 1. The number of fused-ring (bicyclic) bond motifs is 1. The second kappa shape index (κ2) is 5.70. The lowest BCUT2D eigenvalue weighted by Crippen LogP contribution is -2.34. The average molecular weight is 291 g/mol. The third-order valence-corrected chi connectivity index (χ3v) is 2.90. The summed E-state index contributed by atoms with van der Waals surface area (Å²) in [7, 11) is 1.31. The number of carbonyl (C=O) groups is 2. The van der Waals surface area contributed by atoms with Crippen LogP contribution in [0.2, 0.25) is 0 Å². The molecule has 2 rings (SSSR count). The smallest absolute Gasteiger partial charge is 0.325 e. The van der Waals surface area contributed by atoms with Crippen molar-refractivity contribution in [3.63, 3.8) is 0 Å². The SMILES string of the molecule is COC(=O)Cn1cc(C(=O)NC(N)=S)c2ccccc21. The van der Waals surface area contributed by atoms with E-state index in [-0.39, 0.29) is 11.7 Å². The number of hydrogen-bond acceptors (Lipinski definition) is 4. The van der Waals surface area contributed by atoms with Crippen molar-refractivity contribution in [3.8, 4) is 0 Å². The van der Waals surface area contributed by atoms with Crippen molar-refractivity contribution < 1.29 is 14.3 Å². The average Bonchev–Trinajstić information content (AvgIpc) is 2.77. The molecule has 0 bridgehead atoms. The third-order valence-electron chi connectivity index (χ3n) is 2.80. The molecule has 0 aliphatic rings. The standard InChI is InChI=1S/C13H13N3O3S/c1-19-11(17)7-16-6-9(12(18)15-13(14)20)8-4-2-3-5-10(8)16/h2-6H,7H2,1H3,(H3,14,15,18,20). The van der Waals surface area contributed by atoms with Crippen LogP contribution in [0.4, 0.5) is 0 Å². The van der Waals surface area contributed by atoms with Gasteiger partial charge in [0, 0.05) is 17.1 Å². The van der Waals surface area contributed by atoms with E-state index in [4.69, 9.17) is 5.73 Å². The quantitative estimate of drug-likeness (QED) is 0.645. The van der Waals surface area contributed by atoms with Gasteiger partial charge in [-0.05, 0) is 18.3 Å². The van der Waals surface area contributed by atoms with E-state index in [9.17, 15) is 9.59 Å². The van der Waals surface area contributed by atoms with Gasteiger partial charge in [0.1, 0.15) is 6.54 Å². The van der Waals surface area contributed by atoms with Crippen molar-refractivity contribution in [2.45, 2.75) is 6.54 Å². The Morgan fingerprint density at radius 2 is 2.10 bits per heavy atom. The van der Waals surface area contributed by atoms with Gasteiger partial charge >= 0.3 is 5.97 Å². The fourth-order valence-corrected chi connectivity index (χ4v) is 2.03. The van der Waals surface area contributed by atoms with Crippen LogP contribution in [0.1, 0.15) is 10.4 Å². The number of nitrogens with one attached hydrogen (secondary N) is 1. The van der Waals surface area contributed by atoms with Gasteiger partial charge in [0.05, 0.1) is 12.7 Å². The number of methoxy groups -OCH3 is 1. The van der Waals surface area contributed by atoms with Gasteiger partial charge in [-0.2, -0.15) is 0 Å². The van der Waals surface area contributed by atoms with Gasteiger partial charge in [0.25, 0.3) is 5.91 Å². The molecule has 104 valence electrons. The Hall–Kier alpha value is -2.41. The largest absolute Gasteiger partial charge is 0.468 e. The van der Waals surface area contributed by atoms with Crippen LogP contribution in [0, 0.1) is 0 Å². The predicted octanol–water partition coefficient (Wildman–Crippen LogP) is 0.788. The number of benzene rings is 1. The first kappa shape index (κ1) is 14.0. The number of amides is 1. The molecule has 1 aromatic carbocycles. The number of esters is 1. The van der Waals surface area contributed by atoms with Gasteiger partial charge in [-0.15, -0.1) is 0 Å². The number of aromatic nitrogens is 1. The van der Waals surface area contributed by atoms with E-state index in [0.717, 1.165) is 5.52 Å². The lowest BCUT2D eigenvalue weighted by atomic mass is 10.1. The topological polar surface area (TPSA) is 86.3 Å². The van der Waals surface area contributed by atoms with Gasteiger partial charge in [-0.3, -0.25) is 14.9 Å². The molecule has 20 heavy (non-hydrogen) atoms. The highest BCUT2D eigenvalue weighted by Gasteiger charge is 2.16. The Kier molecular flexibility index (Phi) is 3.99. The van der Waals surface area contributed by atoms with Crippen LogP contribution >= 0.6 is 12.2 Å². The number of rotatable bonds is 3. The minimum absolute atomic E-state index is 0.0252. The van der Waals surface area contributed by atoms with E-state index in [1.807, 2.05) is 18.2 Å². The highest BCUT2D eigenvalue weighted by atomic mass is 32.1. The molecular formula is C13H13N3O3S. The molecule has 0 spiro atoms. The molecule has 0 atom stereocenters. The van der Waals surface area contributed by atoms with Gasteiger partial charge in [0.2, 0.25) is 0 Å².